The van der Waals surface area contributed by atoms with E-state index >= 15 is 0 Å². The Morgan fingerprint density at radius 1 is 0.950 bits per heavy atom. The second kappa shape index (κ2) is 10.7. The molecular weight excluding hydrogens is 586 g/mol. The van der Waals surface area contributed by atoms with Gasteiger partial charge < -0.3 is 10.3 Å². The van der Waals surface area contributed by atoms with Crippen LogP contribution in [0.2, 0.25) is 4.34 Å². The molecule has 5 aromatic rings. The van der Waals surface area contributed by atoms with Gasteiger partial charge in [-0.2, -0.15) is 0 Å². The molecule has 1 amide bonds. The van der Waals surface area contributed by atoms with E-state index in [0.29, 0.717) is 11.3 Å². The van der Waals surface area contributed by atoms with Gasteiger partial charge in [0.1, 0.15) is 15.8 Å². The molecule has 0 aliphatic rings. The standard InChI is InChI=1S/C26H17ClF2N4O5S2/c27-22-7-8-23(39-22)40(37,38)32-24(34)15-1-4-19(5-2-15)33-25(35)20-6-3-18(12-21(20)31-26(33)36)30-13-14-9-16(28)11-17(29)10-14/h1-12,30H,13H2,(H,31,36)(H,32,34). The quantitative estimate of drug-likeness (QED) is 0.253. The Hall–Kier alpha value is -4.33. The average molecular weight is 603 g/mol. The summed E-state index contributed by atoms with van der Waals surface area (Å²) in [5.41, 5.74) is -0.158. The van der Waals surface area contributed by atoms with Gasteiger partial charge in [0.25, 0.3) is 21.5 Å². The van der Waals surface area contributed by atoms with Crippen molar-refractivity contribution >= 4 is 55.5 Å². The highest BCUT2D eigenvalue weighted by molar-refractivity contribution is 7.92. The van der Waals surface area contributed by atoms with Crippen LogP contribution in [0.3, 0.4) is 0 Å². The summed E-state index contributed by atoms with van der Waals surface area (Å²) in [6, 6.07) is 15.6. The van der Waals surface area contributed by atoms with Gasteiger partial charge in [-0.3, -0.25) is 9.59 Å². The highest BCUT2D eigenvalue weighted by Crippen LogP contribution is 2.25. The molecule has 204 valence electrons. The Morgan fingerprint density at radius 2 is 1.65 bits per heavy atom. The van der Waals surface area contributed by atoms with Gasteiger partial charge in [0, 0.05) is 23.9 Å². The number of sulfonamides is 1. The molecule has 0 unspecified atom stereocenters. The monoisotopic (exact) mass is 602 g/mol. The summed E-state index contributed by atoms with van der Waals surface area (Å²) in [6.07, 6.45) is 0. The number of fused-ring (bicyclic) bond motifs is 1. The SMILES string of the molecule is O=C(NS(=O)(=O)c1ccc(Cl)s1)c1ccc(-n2c(=O)[nH]c3cc(NCc4cc(F)cc(F)c4)ccc3c2=O)cc1. The number of nitrogens with zero attached hydrogens (tertiary/aromatic N) is 1. The van der Waals surface area contributed by atoms with Crippen LogP contribution in [-0.2, 0) is 16.6 Å². The lowest BCUT2D eigenvalue weighted by atomic mass is 10.1. The molecule has 14 heteroatoms. The second-order valence-electron chi connectivity index (χ2n) is 8.50. The number of anilines is 1. The zero-order valence-corrected chi connectivity index (χ0v) is 22.5. The summed E-state index contributed by atoms with van der Waals surface area (Å²) in [7, 11) is -4.13. The van der Waals surface area contributed by atoms with Crippen LogP contribution in [0, 0.1) is 11.6 Å². The number of thiophene rings is 1. The molecule has 0 aliphatic heterocycles. The van der Waals surface area contributed by atoms with E-state index in [4.69, 9.17) is 11.6 Å². The Bertz CT molecular complexity index is 1980. The maximum atomic E-state index is 13.4. The fourth-order valence-corrected chi connectivity index (χ4v) is 6.37. The maximum Gasteiger partial charge on any atom is 0.333 e. The van der Waals surface area contributed by atoms with E-state index in [1.807, 2.05) is 4.72 Å². The third-order valence-electron chi connectivity index (χ3n) is 5.74. The summed E-state index contributed by atoms with van der Waals surface area (Å²) in [6.45, 7) is 0.101. The molecule has 2 heterocycles. The third-order valence-corrected chi connectivity index (χ3v) is 8.80. The minimum absolute atomic E-state index is 0.0193. The third kappa shape index (κ3) is 5.66. The van der Waals surface area contributed by atoms with Crippen LogP contribution in [-0.4, -0.2) is 23.9 Å². The number of nitrogens with one attached hydrogen (secondary N) is 3. The van der Waals surface area contributed by atoms with E-state index in [9.17, 15) is 31.6 Å². The zero-order chi connectivity index (χ0) is 28.6. The zero-order valence-electron chi connectivity index (χ0n) is 20.1. The highest BCUT2D eigenvalue weighted by Gasteiger charge is 2.21. The molecule has 0 bridgehead atoms. The van der Waals surface area contributed by atoms with Gasteiger partial charge in [-0.25, -0.2) is 31.3 Å². The van der Waals surface area contributed by atoms with Crippen LogP contribution in [0.25, 0.3) is 16.6 Å². The molecule has 0 saturated carbocycles. The smallest absolute Gasteiger partial charge is 0.333 e. The van der Waals surface area contributed by atoms with E-state index in [-0.39, 0.29) is 37.2 Å². The molecule has 0 atom stereocenters. The summed E-state index contributed by atoms with van der Waals surface area (Å²) in [4.78, 5) is 41.1. The van der Waals surface area contributed by atoms with E-state index in [1.165, 1.54) is 60.7 Å². The molecule has 0 radical (unpaired) electrons. The largest absolute Gasteiger partial charge is 0.381 e. The van der Waals surface area contributed by atoms with Crippen LogP contribution >= 0.6 is 22.9 Å². The molecule has 5 rings (SSSR count). The van der Waals surface area contributed by atoms with Crippen molar-refractivity contribution in [1.82, 2.24) is 14.3 Å². The number of halogens is 3. The number of H-pyrrole nitrogens is 1. The lowest BCUT2D eigenvalue weighted by molar-refractivity contribution is 0.0981. The molecule has 0 aliphatic carbocycles. The molecular formula is C26H17ClF2N4O5S2. The number of carbonyl (C=O) groups excluding carboxylic acids is 1. The normalized spacial score (nSPS) is 11.5. The number of hydrogen-bond acceptors (Lipinski definition) is 7. The predicted octanol–water partition coefficient (Wildman–Crippen LogP) is 4.40. The fourth-order valence-electron chi connectivity index (χ4n) is 3.91. The van der Waals surface area contributed by atoms with Crippen LogP contribution < -0.4 is 21.3 Å². The first-order chi connectivity index (χ1) is 19.0. The Labute approximate surface area is 233 Å². The molecule has 2 aromatic heterocycles. The summed E-state index contributed by atoms with van der Waals surface area (Å²) in [5, 5.41) is 3.17. The molecule has 0 saturated heterocycles. The Balaban J connectivity index is 1.37. The van der Waals surface area contributed by atoms with Gasteiger partial charge in [-0.1, -0.05) is 11.6 Å². The number of benzene rings is 3. The second-order valence-corrected chi connectivity index (χ2v) is 12.1. The topological polar surface area (TPSA) is 130 Å². The van der Waals surface area contributed by atoms with Crippen molar-refractivity contribution in [3.63, 3.8) is 0 Å². The average Bonchev–Trinajstić information content (AvgIpc) is 3.34. The van der Waals surface area contributed by atoms with Crippen molar-refractivity contribution in [3.8, 4) is 5.69 Å². The maximum absolute atomic E-state index is 13.4. The van der Waals surface area contributed by atoms with Crippen molar-refractivity contribution in [2.24, 2.45) is 0 Å². The molecule has 9 nitrogen and oxygen atoms in total. The summed E-state index contributed by atoms with van der Waals surface area (Å²) < 4.78 is 54.6. The Kier molecular flexibility index (Phi) is 7.27. The molecule has 3 N–H and O–H groups in total. The minimum atomic E-state index is -4.13. The van der Waals surface area contributed by atoms with Crippen molar-refractivity contribution in [2.75, 3.05) is 5.32 Å². The molecule has 3 aromatic carbocycles. The van der Waals surface area contributed by atoms with Gasteiger partial charge in [0.15, 0.2) is 0 Å². The number of carbonyl (C=O) groups is 1. The van der Waals surface area contributed by atoms with Crippen LogP contribution in [0.4, 0.5) is 14.5 Å². The number of aromatic nitrogens is 2. The number of aromatic amines is 1. The first kappa shape index (κ1) is 27.2. The van der Waals surface area contributed by atoms with Crippen molar-refractivity contribution < 1.29 is 22.0 Å². The lowest BCUT2D eigenvalue weighted by Gasteiger charge is -2.10. The van der Waals surface area contributed by atoms with Gasteiger partial charge in [0.2, 0.25) is 0 Å². The van der Waals surface area contributed by atoms with Crippen LogP contribution in [0.1, 0.15) is 15.9 Å². The van der Waals surface area contributed by atoms with E-state index in [0.717, 1.165) is 22.0 Å². The van der Waals surface area contributed by atoms with E-state index < -0.39 is 38.8 Å². The van der Waals surface area contributed by atoms with Gasteiger partial charge >= 0.3 is 5.69 Å². The van der Waals surface area contributed by atoms with Gasteiger partial charge in [-0.15, -0.1) is 11.3 Å². The van der Waals surface area contributed by atoms with Crippen molar-refractivity contribution in [1.29, 1.82) is 0 Å². The minimum Gasteiger partial charge on any atom is -0.381 e. The van der Waals surface area contributed by atoms with Crippen molar-refractivity contribution in [3.05, 3.63) is 121 Å². The molecule has 40 heavy (non-hydrogen) atoms. The molecule has 0 fully saturated rings. The fraction of sp³-hybridized carbons (Fsp3) is 0.0385. The van der Waals surface area contributed by atoms with Gasteiger partial charge in [-0.05, 0) is 72.3 Å². The Morgan fingerprint density at radius 3 is 2.30 bits per heavy atom. The van der Waals surface area contributed by atoms with Crippen LogP contribution in [0.5, 0.6) is 0 Å². The predicted molar refractivity (Wildman–Crippen MR) is 148 cm³/mol. The van der Waals surface area contributed by atoms with E-state index in [2.05, 4.69) is 10.3 Å². The number of rotatable bonds is 7. The van der Waals surface area contributed by atoms with Crippen molar-refractivity contribution in [2.45, 2.75) is 10.8 Å². The first-order valence-corrected chi connectivity index (χ1v) is 14.1. The van der Waals surface area contributed by atoms with Crippen LogP contribution in [0.15, 0.2) is 86.6 Å². The first-order valence-electron chi connectivity index (χ1n) is 11.4. The number of hydrogen-bond donors (Lipinski definition) is 3. The molecule has 0 spiro atoms. The highest BCUT2D eigenvalue weighted by atomic mass is 35.5. The van der Waals surface area contributed by atoms with E-state index in [1.54, 1.807) is 6.07 Å². The lowest BCUT2D eigenvalue weighted by Crippen LogP contribution is -2.33. The van der Waals surface area contributed by atoms with Gasteiger partial charge in [0.05, 0.1) is 20.9 Å². The summed E-state index contributed by atoms with van der Waals surface area (Å²) >= 11 is 6.57. The number of amides is 1. The summed E-state index contributed by atoms with van der Waals surface area (Å²) in [5.74, 6) is -2.32.